The van der Waals surface area contributed by atoms with E-state index in [-0.39, 0.29) is 0 Å². The third kappa shape index (κ3) is 5.52. The Hall–Kier alpha value is -0.860. The molecule has 0 saturated heterocycles. The van der Waals surface area contributed by atoms with Crippen molar-refractivity contribution in [3.05, 3.63) is 0 Å². The molecule has 0 aliphatic rings. The number of rotatable bonds is 0. The molecule has 0 radical (unpaired) electrons. The van der Waals surface area contributed by atoms with Crippen molar-refractivity contribution >= 4 is 13.1 Å². The number of hydrogen-bond acceptors (Lipinski definition) is 2. The number of nitrogens with two attached hydrogens (primary N) is 1. The average molecular weight is 73.1 g/mol. The van der Waals surface area contributed by atoms with Gasteiger partial charge >= 0.3 is 0 Å². The Morgan fingerprint density at radius 2 is 1.60 bits per heavy atom. The van der Waals surface area contributed by atoms with Crippen LogP contribution in [-0.4, -0.2) is 13.1 Å². The summed E-state index contributed by atoms with van der Waals surface area (Å²) >= 11 is 0. The fourth-order valence-corrected chi connectivity index (χ4v) is 0. The summed E-state index contributed by atoms with van der Waals surface area (Å²) in [6.07, 6.45) is 0.750. The van der Waals surface area contributed by atoms with E-state index >= 15 is 0 Å². The molecule has 0 heterocycles. The Balaban J connectivity index is 0. The monoisotopic (exact) mass is 73.1 g/mol. The molecule has 0 amide bonds. The summed E-state index contributed by atoms with van der Waals surface area (Å²) in [5.74, 6) is 0. The summed E-state index contributed by atoms with van der Waals surface area (Å²) in [7, 11) is 0. The molecule has 30 valence electrons. The zero-order valence-corrected chi connectivity index (χ0v) is 2.86. The Morgan fingerprint density at radius 3 is 1.60 bits per heavy atom. The molecule has 0 bridgehead atoms. The van der Waals surface area contributed by atoms with Crippen LogP contribution in [0.3, 0.4) is 0 Å². The average Bonchev–Trinajstić information content (AvgIpc) is 1.46. The van der Waals surface area contributed by atoms with Gasteiger partial charge in [-0.2, -0.15) is 0 Å². The van der Waals surface area contributed by atoms with E-state index in [0.717, 1.165) is 6.34 Å². The highest BCUT2D eigenvalue weighted by atomic mass is 14.6. The normalized spacial score (nSPS) is 3.20. The molecule has 0 aromatic carbocycles. The third-order valence-electron chi connectivity index (χ3n) is 0. The van der Waals surface area contributed by atoms with Gasteiger partial charge in [0.1, 0.15) is 0 Å². The van der Waals surface area contributed by atoms with E-state index in [4.69, 9.17) is 10.8 Å². The van der Waals surface area contributed by atoms with E-state index in [1.165, 1.54) is 0 Å². The molecule has 0 aromatic heterocycles. The highest BCUT2D eigenvalue weighted by molar-refractivity contribution is 5.46. The molecule has 0 saturated carbocycles. The third-order valence-corrected chi connectivity index (χ3v) is 0. The zero-order chi connectivity index (χ0) is 4.71. The maximum atomic E-state index is 5.86. The maximum Gasteiger partial charge on any atom is 0.0765 e. The summed E-state index contributed by atoms with van der Waals surface area (Å²) in [5.41, 5.74) is 4.39. The highest BCUT2D eigenvalue weighted by Crippen LogP contribution is 0.879. The lowest BCUT2D eigenvalue weighted by Gasteiger charge is -1.38. The van der Waals surface area contributed by atoms with Crippen LogP contribution in [0.15, 0.2) is 0 Å². The molecule has 0 rings (SSSR count). The van der Waals surface area contributed by atoms with Crippen LogP contribution < -0.4 is 5.73 Å². The lowest BCUT2D eigenvalue weighted by atomic mass is 11.4. The Kier molecular flexibility index (Phi) is 1310. The zero-order valence-electron chi connectivity index (χ0n) is 2.86. The topological polar surface area (TPSA) is 73.7 Å². The van der Waals surface area contributed by atoms with Gasteiger partial charge in [-0.25, -0.2) is 0 Å². The van der Waals surface area contributed by atoms with Gasteiger partial charge in [0.15, 0.2) is 0 Å². The van der Waals surface area contributed by atoms with Gasteiger partial charge in [-0.1, -0.05) is 0 Å². The van der Waals surface area contributed by atoms with E-state index in [0.29, 0.717) is 0 Å². The van der Waals surface area contributed by atoms with Crippen molar-refractivity contribution in [3.8, 4) is 0 Å². The van der Waals surface area contributed by atoms with Gasteiger partial charge in [-0.05, 0) is 6.72 Å². The van der Waals surface area contributed by atoms with Crippen LogP contribution in [0.2, 0.25) is 0 Å². The van der Waals surface area contributed by atoms with Crippen LogP contribution in [0.25, 0.3) is 0 Å². The molecule has 0 atom stereocenters. The smallest absolute Gasteiger partial charge is 0.0765 e. The first-order valence-corrected chi connectivity index (χ1v) is 0.976. The van der Waals surface area contributed by atoms with E-state index in [2.05, 4.69) is 12.5 Å². The quantitative estimate of drug-likeness (QED) is 0.270. The van der Waals surface area contributed by atoms with Crippen LogP contribution in [0.4, 0.5) is 0 Å². The molecule has 0 aliphatic carbocycles. The van der Waals surface area contributed by atoms with Crippen LogP contribution in [0.1, 0.15) is 0 Å². The summed E-state index contributed by atoms with van der Waals surface area (Å²) in [6.45, 7) is 2.50. The van der Waals surface area contributed by atoms with Crippen molar-refractivity contribution in [3.63, 3.8) is 0 Å². The molecular formula is C2H7N3. The van der Waals surface area contributed by atoms with Crippen molar-refractivity contribution in [1.82, 2.24) is 0 Å². The predicted octanol–water partition coefficient (Wildman–Crippen LogP) is -0.182. The molecule has 5 heavy (non-hydrogen) atoms. The molecule has 3 nitrogen and oxygen atoms in total. The second-order valence-corrected chi connectivity index (χ2v) is 0.167. The Labute approximate surface area is 30.8 Å². The van der Waals surface area contributed by atoms with Gasteiger partial charge in [-0.3, -0.25) is 5.41 Å². The highest BCUT2D eigenvalue weighted by Gasteiger charge is 1.10. The van der Waals surface area contributed by atoms with Crippen LogP contribution in [0.5, 0.6) is 0 Å². The molecule has 0 aromatic rings. The SMILES string of the molecule is C=N.N=CN. The summed E-state index contributed by atoms with van der Waals surface area (Å²) in [6, 6.07) is 0. The minimum absolute atomic E-state index is 0.750. The summed E-state index contributed by atoms with van der Waals surface area (Å²) < 4.78 is 0. The first-order valence-electron chi connectivity index (χ1n) is 0.976. The summed E-state index contributed by atoms with van der Waals surface area (Å²) in [5, 5.41) is 11.4. The van der Waals surface area contributed by atoms with Gasteiger partial charge in [0.25, 0.3) is 0 Å². The molecular weight excluding hydrogens is 66.0 g/mol. The van der Waals surface area contributed by atoms with Gasteiger partial charge in [0, 0.05) is 0 Å². The number of nitrogens with one attached hydrogen (secondary N) is 2. The van der Waals surface area contributed by atoms with E-state index in [1.54, 1.807) is 0 Å². The van der Waals surface area contributed by atoms with E-state index in [1.807, 2.05) is 0 Å². The van der Waals surface area contributed by atoms with Crippen molar-refractivity contribution in [2.75, 3.05) is 0 Å². The minimum atomic E-state index is 0.750. The molecule has 0 unspecified atom stereocenters. The van der Waals surface area contributed by atoms with Gasteiger partial charge in [0.2, 0.25) is 0 Å². The minimum Gasteiger partial charge on any atom is -0.390 e. The maximum absolute atomic E-state index is 5.86. The molecule has 0 spiro atoms. The summed E-state index contributed by atoms with van der Waals surface area (Å²) in [4.78, 5) is 0. The standard InChI is InChI=1S/CH4N2.CH3N/c2-1-3;1-2/h1H,(H3,2,3);2H,1H2. The van der Waals surface area contributed by atoms with Crippen molar-refractivity contribution in [2.45, 2.75) is 0 Å². The molecule has 4 N–H and O–H groups in total. The molecule has 3 heteroatoms. The van der Waals surface area contributed by atoms with Crippen molar-refractivity contribution < 1.29 is 0 Å². The first kappa shape index (κ1) is 8.91. The second kappa shape index (κ2) is 734. The first-order chi connectivity index (χ1) is 2.41. The van der Waals surface area contributed by atoms with E-state index < -0.39 is 0 Å². The molecule has 0 fully saturated rings. The predicted molar refractivity (Wildman–Crippen MR) is 22.8 cm³/mol. The van der Waals surface area contributed by atoms with Crippen LogP contribution in [-0.2, 0) is 0 Å². The lowest BCUT2D eigenvalue weighted by Crippen LogP contribution is -1.81. The largest absolute Gasteiger partial charge is 0.390 e. The van der Waals surface area contributed by atoms with Gasteiger partial charge < -0.3 is 11.1 Å². The van der Waals surface area contributed by atoms with Crippen molar-refractivity contribution in [2.24, 2.45) is 5.73 Å². The fraction of sp³-hybridized carbons (Fsp3) is 0. The molecule has 0 aliphatic heterocycles. The fourth-order valence-electron chi connectivity index (χ4n) is 0. The van der Waals surface area contributed by atoms with Crippen LogP contribution in [0, 0.1) is 10.8 Å². The van der Waals surface area contributed by atoms with E-state index in [9.17, 15) is 0 Å². The van der Waals surface area contributed by atoms with Crippen LogP contribution >= 0.6 is 0 Å². The van der Waals surface area contributed by atoms with Crippen molar-refractivity contribution in [1.29, 1.82) is 10.8 Å². The van der Waals surface area contributed by atoms with Gasteiger partial charge in [-0.15, -0.1) is 0 Å². The second-order valence-electron chi connectivity index (χ2n) is 0.167. The number of hydrogen-bond donors (Lipinski definition) is 3. The Morgan fingerprint density at radius 1 is 1.60 bits per heavy atom. The Bertz CT molecular complexity index is 18.9. The lowest BCUT2D eigenvalue weighted by molar-refractivity contribution is 1.52. The van der Waals surface area contributed by atoms with Gasteiger partial charge in [0.05, 0.1) is 6.34 Å².